The van der Waals surface area contributed by atoms with Gasteiger partial charge in [0.05, 0.1) is 10.0 Å². The van der Waals surface area contributed by atoms with Crippen LogP contribution in [0.2, 0.25) is 10.0 Å². The molecule has 0 aliphatic rings. The van der Waals surface area contributed by atoms with E-state index < -0.39 is 11.8 Å². The third kappa shape index (κ3) is 3.38. The fourth-order valence-corrected chi connectivity index (χ4v) is 1.19. The van der Waals surface area contributed by atoms with Crippen LogP contribution in [0.15, 0.2) is 30.4 Å². The Bertz CT molecular complexity index is 438. The SMILES string of the molecule is O=C(O)/C=C/C(=O)c1ccc(Cl)c(Cl)c1. The van der Waals surface area contributed by atoms with Crippen molar-refractivity contribution in [3.05, 3.63) is 46.0 Å². The molecule has 3 nitrogen and oxygen atoms in total. The summed E-state index contributed by atoms with van der Waals surface area (Å²) in [6.45, 7) is 0. The maximum atomic E-state index is 11.4. The van der Waals surface area contributed by atoms with Crippen molar-refractivity contribution in [3.8, 4) is 0 Å². The second-order valence-electron chi connectivity index (χ2n) is 2.66. The zero-order valence-electron chi connectivity index (χ0n) is 7.41. The first-order chi connectivity index (χ1) is 7.00. The molecular weight excluding hydrogens is 239 g/mol. The van der Waals surface area contributed by atoms with Crippen LogP contribution in [0.4, 0.5) is 0 Å². The van der Waals surface area contributed by atoms with Crippen molar-refractivity contribution >= 4 is 35.0 Å². The van der Waals surface area contributed by atoms with Crippen LogP contribution < -0.4 is 0 Å². The van der Waals surface area contributed by atoms with Crippen LogP contribution in [0.1, 0.15) is 10.4 Å². The van der Waals surface area contributed by atoms with E-state index in [4.69, 9.17) is 28.3 Å². The van der Waals surface area contributed by atoms with Gasteiger partial charge in [-0.15, -0.1) is 0 Å². The van der Waals surface area contributed by atoms with E-state index in [1.807, 2.05) is 0 Å². The van der Waals surface area contributed by atoms with E-state index in [1.54, 1.807) is 0 Å². The Morgan fingerprint density at radius 2 is 1.80 bits per heavy atom. The Kier molecular flexibility index (Phi) is 3.88. The lowest BCUT2D eigenvalue weighted by Gasteiger charge is -1.98. The van der Waals surface area contributed by atoms with Crippen molar-refractivity contribution in [3.63, 3.8) is 0 Å². The Hall–Kier alpha value is -1.32. The summed E-state index contributed by atoms with van der Waals surface area (Å²) in [5.74, 6) is -1.61. The van der Waals surface area contributed by atoms with Gasteiger partial charge in [-0.2, -0.15) is 0 Å². The summed E-state index contributed by atoms with van der Waals surface area (Å²) in [5, 5.41) is 8.92. The minimum Gasteiger partial charge on any atom is -0.478 e. The molecule has 0 saturated heterocycles. The molecule has 1 rings (SSSR count). The van der Waals surface area contributed by atoms with E-state index in [0.29, 0.717) is 10.6 Å². The monoisotopic (exact) mass is 244 g/mol. The van der Waals surface area contributed by atoms with Crippen molar-refractivity contribution in [2.75, 3.05) is 0 Å². The molecule has 0 aromatic heterocycles. The first kappa shape index (κ1) is 11.8. The van der Waals surface area contributed by atoms with Crippen molar-refractivity contribution in [1.29, 1.82) is 0 Å². The van der Waals surface area contributed by atoms with Crippen molar-refractivity contribution in [2.24, 2.45) is 0 Å². The van der Waals surface area contributed by atoms with Crippen LogP contribution in [0.25, 0.3) is 0 Å². The molecule has 15 heavy (non-hydrogen) atoms. The lowest BCUT2D eigenvalue weighted by atomic mass is 10.1. The number of carbonyl (C=O) groups is 2. The number of rotatable bonds is 3. The topological polar surface area (TPSA) is 54.4 Å². The van der Waals surface area contributed by atoms with Crippen LogP contribution in [-0.4, -0.2) is 16.9 Å². The Balaban J connectivity index is 2.92. The molecule has 0 saturated carbocycles. The van der Waals surface area contributed by atoms with E-state index >= 15 is 0 Å². The fourth-order valence-electron chi connectivity index (χ4n) is 0.893. The van der Waals surface area contributed by atoms with E-state index in [9.17, 15) is 9.59 Å². The van der Waals surface area contributed by atoms with Crippen LogP contribution in [0.3, 0.4) is 0 Å². The maximum absolute atomic E-state index is 11.4. The minimum atomic E-state index is -1.18. The number of hydrogen-bond donors (Lipinski definition) is 1. The molecule has 0 atom stereocenters. The van der Waals surface area contributed by atoms with E-state index in [2.05, 4.69) is 0 Å². The number of halogens is 2. The average molecular weight is 245 g/mol. The van der Waals surface area contributed by atoms with Gasteiger partial charge in [0.15, 0.2) is 5.78 Å². The summed E-state index contributed by atoms with van der Waals surface area (Å²) in [5.41, 5.74) is 0.293. The Morgan fingerprint density at radius 3 is 2.33 bits per heavy atom. The van der Waals surface area contributed by atoms with Gasteiger partial charge in [0.25, 0.3) is 0 Å². The quantitative estimate of drug-likeness (QED) is 0.658. The molecule has 78 valence electrons. The fraction of sp³-hybridized carbons (Fsp3) is 0. The van der Waals surface area contributed by atoms with Gasteiger partial charge in [-0.25, -0.2) is 4.79 Å². The number of hydrogen-bond acceptors (Lipinski definition) is 2. The summed E-state index contributed by atoms with van der Waals surface area (Å²) < 4.78 is 0. The number of carbonyl (C=O) groups excluding carboxylic acids is 1. The highest BCUT2D eigenvalue weighted by Gasteiger charge is 2.05. The molecule has 0 aliphatic heterocycles. The molecule has 1 aromatic carbocycles. The van der Waals surface area contributed by atoms with Gasteiger partial charge in [0.1, 0.15) is 0 Å². The average Bonchev–Trinajstić information content (AvgIpc) is 2.18. The highest BCUT2D eigenvalue weighted by atomic mass is 35.5. The number of aliphatic carboxylic acids is 1. The molecule has 0 fully saturated rings. The first-order valence-corrected chi connectivity index (χ1v) is 4.66. The van der Waals surface area contributed by atoms with Crippen molar-refractivity contribution < 1.29 is 14.7 Å². The Labute approximate surface area is 95.9 Å². The summed E-state index contributed by atoms with van der Waals surface area (Å²) in [4.78, 5) is 21.5. The number of ketones is 1. The third-order valence-electron chi connectivity index (χ3n) is 1.58. The van der Waals surface area contributed by atoms with Crippen LogP contribution >= 0.6 is 23.2 Å². The second-order valence-corrected chi connectivity index (χ2v) is 3.48. The highest BCUT2D eigenvalue weighted by molar-refractivity contribution is 6.42. The molecule has 0 radical (unpaired) electrons. The van der Waals surface area contributed by atoms with E-state index in [0.717, 1.165) is 12.2 Å². The molecule has 5 heteroatoms. The number of carboxylic acid groups (broad SMARTS) is 1. The smallest absolute Gasteiger partial charge is 0.328 e. The van der Waals surface area contributed by atoms with Gasteiger partial charge in [-0.1, -0.05) is 23.2 Å². The molecular formula is C10H6Cl2O3. The van der Waals surface area contributed by atoms with Crippen molar-refractivity contribution in [1.82, 2.24) is 0 Å². The molecule has 0 heterocycles. The van der Waals surface area contributed by atoms with Gasteiger partial charge in [-0.05, 0) is 24.3 Å². The minimum absolute atomic E-state index is 0.256. The van der Waals surface area contributed by atoms with Gasteiger partial charge >= 0.3 is 5.97 Å². The summed E-state index contributed by atoms with van der Waals surface area (Å²) in [7, 11) is 0. The largest absolute Gasteiger partial charge is 0.478 e. The zero-order chi connectivity index (χ0) is 11.4. The summed E-state index contributed by atoms with van der Waals surface area (Å²) >= 11 is 11.4. The third-order valence-corrected chi connectivity index (χ3v) is 2.32. The molecule has 0 unspecified atom stereocenters. The van der Waals surface area contributed by atoms with Crippen LogP contribution in [0.5, 0.6) is 0 Å². The molecule has 1 aromatic rings. The molecule has 0 aliphatic carbocycles. The number of allylic oxidation sites excluding steroid dienone is 1. The van der Waals surface area contributed by atoms with Gasteiger partial charge in [-0.3, -0.25) is 4.79 Å². The first-order valence-electron chi connectivity index (χ1n) is 3.91. The van der Waals surface area contributed by atoms with Gasteiger partial charge in [0, 0.05) is 11.6 Å². The molecule has 0 spiro atoms. The van der Waals surface area contributed by atoms with Gasteiger partial charge < -0.3 is 5.11 Å². The molecule has 0 bridgehead atoms. The normalized spacial score (nSPS) is 10.5. The van der Waals surface area contributed by atoms with Crippen LogP contribution in [-0.2, 0) is 4.79 Å². The number of carboxylic acids is 1. The summed E-state index contributed by atoms with van der Waals surface area (Å²) in [6.07, 6.45) is 1.73. The lowest BCUT2D eigenvalue weighted by molar-refractivity contribution is -0.131. The predicted molar refractivity (Wildman–Crippen MR) is 57.6 cm³/mol. The lowest BCUT2D eigenvalue weighted by Crippen LogP contribution is -1.96. The molecule has 1 N–H and O–H groups in total. The van der Waals surface area contributed by atoms with Crippen molar-refractivity contribution in [2.45, 2.75) is 0 Å². The van der Waals surface area contributed by atoms with Crippen LogP contribution in [0, 0.1) is 0 Å². The number of benzene rings is 1. The van der Waals surface area contributed by atoms with E-state index in [-0.39, 0.29) is 5.02 Å². The highest BCUT2D eigenvalue weighted by Crippen LogP contribution is 2.22. The zero-order valence-corrected chi connectivity index (χ0v) is 8.92. The maximum Gasteiger partial charge on any atom is 0.328 e. The Morgan fingerprint density at radius 1 is 1.13 bits per heavy atom. The standard InChI is InChI=1S/C10H6Cl2O3/c11-7-2-1-6(5-8(7)12)9(13)3-4-10(14)15/h1-5H,(H,14,15)/b4-3+. The predicted octanol–water partition coefficient (Wildman–Crippen LogP) is 2.82. The summed E-state index contributed by atoms with van der Waals surface area (Å²) in [6, 6.07) is 4.34. The van der Waals surface area contributed by atoms with Gasteiger partial charge in [0.2, 0.25) is 0 Å². The molecule has 0 amide bonds. The van der Waals surface area contributed by atoms with E-state index in [1.165, 1.54) is 18.2 Å². The second kappa shape index (κ2) is 4.96.